The summed E-state index contributed by atoms with van der Waals surface area (Å²) in [5.74, 6) is 0. The van der Waals surface area contributed by atoms with E-state index in [0.717, 1.165) is 6.42 Å². The van der Waals surface area contributed by atoms with E-state index in [4.69, 9.17) is 0 Å². The molecule has 1 aliphatic carbocycles. The summed E-state index contributed by atoms with van der Waals surface area (Å²) in [6.07, 6.45) is 10.9. The summed E-state index contributed by atoms with van der Waals surface area (Å²) < 4.78 is 0. The van der Waals surface area contributed by atoms with Crippen LogP contribution in [0, 0.1) is 0 Å². The molecule has 18 heavy (non-hydrogen) atoms. The van der Waals surface area contributed by atoms with Crippen molar-refractivity contribution in [1.82, 2.24) is 4.98 Å². The van der Waals surface area contributed by atoms with Crippen molar-refractivity contribution in [3.05, 3.63) is 41.7 Å². The highest BCUT2D eigenvalue weighted by molar-refractivity contribution is 5.26. The molecule has 0 N–H and O–H groups in total. The summed E-state index contributed by atoms with van der Waals surface area (Å²) in [5, 5.41) is 0. The molecular formula is C17H25N. The maximum atomic E-state index is 4.68. The second-order valence-corrected chi connectivity index (χ2v) is 5.88. The molecule has 1 nitrogen and oxygen atoms in total. The van der Waals surface area contributed by atoms with Gasteiger partial charge in [0.1, 0.15) is 0 Å². The largest absolute Gasteiger partial charge is 0.261 e. The Morgan fingerprint density at radius 1 is 1.33 bits per heavy atom. The fraction of sp³-hybridized carbons (Fsp3) is 0.588. The highest BCUT2D eigenvalue weighted by Crippen LogP contribution is 2.41. The summed E-state index contributed by atoms with van der Waals surface area (Å²) >= 11 is 0. The topological polar surface area (TPSA) is 12.9 Å². The average Bonchev–Trinajstić information content (AvgIpc) is 2.39. The lowest BCUT2D eigenvalue weighted by Crippen LogP contribution is -2.29. The highest BCUT2D eigenvalue weighted by Gasteiger charge is 2.33. The quantitative estimate of drug-likeness (QED) is 0.691. The third-order valence-corrected chi connectivity index (χ3v) is 4.36. The van der Waals surface area contributed by atoms with Crippen molar-refractivity contribution in [2.75, 3.05) is 0 Å². The van der Waals surface area contributed by atoms with Crippen molar-refractivity contribution in [3.8, 4) is 0 Å². The molecule has 98 valence electrons. The molecule has 0 spiro atoms. The molecule has 0 aliphatic heterocycles. The van der Waals surface area contributed by atoms with E-state index in [1.54, 1.807) is 0 Å². The zero-order valence-electron chi connectivity index (χ0n) is 11.8. The summed E-state index contributed by atoms with van der Waals surface area (Å²) in [4.78, 5) is 4.68. The molecule has 0 atom stereocenters. The van der Waals surface area contributed by atoms with Crippen molar-refractivity contribution >= 4 is 0 Å². The molecule has 1 heteroatoms. The van der Waals surface area contributed by atoms with Crippen molar-refractivity contribution < 1.29 is 0 Å². The number of allylic oxidation sites excluding steroid dienone is 1. The van der Waals surface area contributed by atoms with Gasteiger partial charge < -0.3 is 0 Å². The maximum absolute atomic E-state index is 4.68. The van der Waals surface area contributed by atoms with E-state index in [1.807, 2.05) is 6.20 Å². The van der Waals surface area contributed by atoms with E-state index in [9.17, 15) is 0 Å². The molecular weight excluding hydrogens is 218 g/mol. The summed E-state index contributed by atoms with van der Waals surface area (Å²) in [7, 11) is 0. The van der Waals surface area contributed by atoms with Crippen LogP contribution in [0.25, 0.3) is 0 Å². The Morgan fingerprint density at radius 3 is 2.67 bits per heavy atom. The first-order valence-electron chi connectivity index (χ1n) is 7.26. The Labute approximate surface area is 111 Å². The molecule has 1 fully saturated rings. The Bertz CT molecular complexity index is 413. The predicted octanol–water partition coefficient (Wildman–Crippen LogP) is 4.81. The van der Waals surface area contributed by atoms with Crippen molar-refractivity contribution in [2.45, 2.75) is 64.2 Å². The van der Waals surface area contributed by atoms with E-state index in [1.165, 1.54) is 55.4 Å². The van der Waals surface area contributed by atoms with E-state index in [2.05, 4.69) is 37.5 Å². The van der Waals surface area contributed by atoms with Crippen LogP contribution in [0.2, 0.25) is 0 Å². The first kappa shape index (κ1) is 13.3. The second kappa shape index (κ2) is 5.69. The molecule has 0 unspecified atom stereocenters. The lowest BCUT2D eigenvalue weighted by Gasteiger charge is -2.36. The molecule has 1 aromatic heterocycles. The molecule has 1 aromatic rings. The minimum absolute atomic E-state index is 0.351. The van der Waals surface area contributed by atoms with Crippen LogP contribution in [0.1, 0.15) is 63.6 Å². The van der Waals surface area contributed by atoms with Gasteiger partial charge in [0.15, 0.2) is 0 Å². The first-order chi connectivity index (χ1) is 8.66. The molecule has 0 amide bonds. The lowest BCUT2D eigenvalue weighted by atomic mass is 9.69. The van der Waals surface area contributed by atoms with Crippen LogP contribution in [0.4, 0.5) is 0 Å². The highest BCUT2D eigenvalue weighted by atomic mass is 14.7. The number of rotatable bonds is 4. The van der Waals surface area contributed by atoms with Gasteiger partial charge in [0, 0.05) is 17.3 Å². The van der Waals surface area contributed by atoms with Gasteiger partial charge in [0.2, 0.25) is 0 Å². The van der Waals surface area contributed by atoms with Crippen LogP contribution in [-0.2, 0) is 11.8 Å². The number of nitrogens with zero attached hydrogens (tertiary/aromatic N) is 1. The van der Waals surface area contributed by atoms with Crippen LogP contribution >= 0.6 is 0 Å². The summed E-state index contributed by atoms with van der Waals surface area (Å²) in [6.45, 7) is 8.42. The lowest BCUT2D eigenvalue weighted by molar-refractivity contribution is 0.276. The molecule has 0 bridgehead atoms. The Hall–Kier alpha value is -1.11. The number of pyridine rings is 1. The molecule has 1 saturated carbocycles. The number of aromatic nitrogens is 1. The Kier molecular flexibility index (Phi) is 4.21. The van der Waals surface area contributed by atoms with E-state index in [0.29, 0.717) is 5.41 Å². The van der Waals surface area contributed by atoms with Crippen molar-refractivity contribution in [1.29, 1.82) is 0 Å². The van der Waals surface area contributed by atoms with Gasteiger partial charge in [-0.25, -0.2) is 0 Å². The zero-order chi connectivity index (χ0) is 13.0. The number of hydrogen-bond donors (Lipinski definition) is 0. The van der Waals surface area contributed by atoms with Gasteiger partial charge in [-0.1, -0.05) is 38.3 Å². The van der Waals surface area contributed by atoms with Gasteiger partial charge in [-0.3, -0.25) is 4.98 Å². The van der Waals surface area contributed by atoms with Crippen LogP contribution in [0.3, 0.4) is 0 Å². The van der Waals surface area contributed by atoms with E-state index < -0.39 is 0 Å². The molecule has 2 rings (SSSR count). The normalized spacial score (nSPS) is 18.6. The van der Waals surface area contributed by atoms with Crippen molar-refractivity contribution in [2.24, 2.45) is 0 Å². The predicted molar refractivity (Wildman–Crippen MR) is 77.8 cm³/mol. The van der Waals surface area contributed by atoms with Gasteiger partial charge in [-0.05, 0) is 50.3 Å². The fourth-order valence-electron chi connectivity index (χ4n) is 3.24. The van der Waals surface area contributed by atoms with E-state index in [-0.39, 0.29) is 0 Å². The molecule has 1 heterocycles. The number of hydrogen-bond acceptors (Lipinski definition) is 1. The standard InChI is InChI=1S/C17H25N/c1-4-17(9-6-5-7-10-17)16-13-15(8-11-18-16)12-14(2)3/h8,11,13H,2,4-7,9-10,12H2,1,3H3. The van der Waals surface area contributed by atoms with Gasteiger partial charge in [0.05, 0.1) is 0 Å². The van der Waals surface area contributed by atoms with Gasteiger partial charge in [-0.15, -0.1) is 0 Å². The Morgan fingerprint density at radius 2 is 2.06 bits per heavy atom. The van der Waals surface area contributed by atoms with Gasteiger partial charge in [0.25, 0.3) is 0 Å². The fourth-order valence-corrected chi connectivity index (χ4v) is 3.24. The SMILES string of the molecule is C=C(C)Cc1ccnc(C2(CC)CCCCC2)c1. The van der Waals surface area contributed by atoms with Crippen LogP contribution < -0.4 is 0 Å². The Balaban J connectivity index is 2.27. The first-order valence-corrected chi connectivity index (χ1v) is 7.26. The smallest absolute Gasteiger partial charge is 0.0468 e. The monoisotopic (exact) mass is 243 g/mol. The van der Waals surface area contributed by atoms with Crippen LogP contribution in [0.5, 0.6) is 0 Å². The molecule has 0 aromatic carbocycles. The molecule has 0 radical (unpaired) electrons. The molecule has 0 saturated heterocycles. The van der Waals surface area contributed by atoms with Gasteiger partial charge in [-0.2, -0.15) is 0 Å². The van der Waals surface area contributed by atoms with Crippen LogP contribution in [0.15, 0.2) is 30.5 Å². The average molecular weight is 243 g/mol. The summed E-state index contributed by atoms with van der Waals surface area (Å²) in [5.41, 5.74) is 4.26. The second-order valence-electron chi connectivity index (χ2n) is 5.88. The van der Waals surface area contributed by atoms with E-state index >= 15 is 0 Å². The zero-order valence-corrected chi connectivity index (χ0v) is 11.8. The minimum Gasteiger partial charge on any atom is -0.261 e. The van der Waals surface area contributed by atoms with Crippen molar-refractivity contribution in [3.63, 3.8) is 0 Å². The maximum Gasteiger partial charge on any atom is 0.0468 e. The third-order valence-electron chi connectivity index (χ3n) is 4.36. The molecule has 1 aliphatic rings. The third kappa shape index (κ3) is 2.82. The minimum atomic E-state index is 0.351. The van der Waals surface area contributed by atoms with Gasteiger partial charge >= 0.3 is 0 Å². The summed E-state index contributed by atoms with van der Waals surface area (Å²) in [6, 6.07) is 4.45. The van der Waals surface area contributed by atoms with Crippen LogP contribution in [-0.4, -0.2) is 4.98 Å².